The first-order valence-electron chi connectivity index (χ1n) is 3.06. The van der Waals surface area contributed by atoms with Crippen molar-refractivity contribution in [3.63, 3.8) is 0 Å². The highest BCUT2D eigenvalue weighted by molar-refractivity contribution is 4.90. The molecular formula is C8H13N. The first-order chi connectivity index (χ1) is 4.27. The van der Waals surface area contributed by atoms with Crippen LogP contribution < -0.4 is 5.32 Å². The Morgan fingerprint density at radius 2 is 2.44 bits per heavy atom. The molecule has 0 spiro atoms. The van der Waals surface area contributed by atoms with E-state index in [1.54, 1.807) is 0 Å². The van der Waals surface area contributed by atoms with Crippen molar-refractivity contribution in [2.45, 2.75) is 13.3 Å². The molecule has 0 aliphatic carbocycles. The van der Waals surface area contributed by atoms with Gasteiger partial charge in [0.25, 0.3) is 0 Å². The van der Waals surface area contributed by atoms with Crippen LogP contribution in [0.1, 0.15) is 13.3 Å². The molecule has 0 rings (SSSR count). The van der Waals surface area contributed by atoms with E-state index in [2.05, 4.69) is 17.8 Å². The van der Waals surface area contributed by atoms with Crippen molar-refractivity contribution < 1.29 is 0 Å². The van der Waals surface area contributed by atoms with Crippen LogP contribution in [0.3, 0.4) is 0 Å². The Morgan fingerprint density at radius 1 is 1.78 bits per heavy atom. The molecule has 1 nitrogen and oxygen atoms in total. The zero-order valence-electron chi connectivity index (χ0n) is 5.91. The molecule has 9 heavy (non-hydrogen) atoms. The van der Waals surface area contributed by atoms with E-state index in [9.17, 15) is 0 Å². The minimum absolute atomic E-state index is 0.660. The first kappa shape index (κ1) is 8.26. The van der Waals surface area contributed by atoms with Crippen LogP contribution in [0.15, 0.2) is 12.2 Å². The summed E-state index contributed by atoms with van der Waals surface area (Å²) in [5, 5.41) is 3.07. The normalized spacial score (nSPS) is 8.44. The van der Waals surface area contributed by atoms with Gasteiger partial charge in [-0.2, -0.15) is 0 Å². The highest BCUT2D eigenvalue weighted by atomic mass is 14.8. The third-order valence-corrected chi connectivity index (χ3v) is 0.956. The van der Waals surface area contributed by atoms with Gasteiger partial charge in [-0.1, -0.05) is 11.5 Å². The van der Waals surface area contributed by atoms with Crippen LogP contribution >= 0.6 is 0 Å². The maximum Gasteiger partial charge on any atom is 0.0573 e. The maximum absolute atomic E-state index is 5.01. The Bertz CT molecular complexity index is 119. The summed E-state index contributed by atoms with van der Waals surface area (Å²) in [7, 11) is 0. The van der Waals surface area contributed by atoms with Gasteiger partial charge in [0.05, 0.1) is 6.54 Å². The van der Waals surface area contributed by atoms with E-state index in [0.29, 0.717) is 6.54 Å². The lowest BCUT2D eigenvalue weighted by atomic mass is 10.2. The van der Waals surface area contributed by atoms with Gasteiger partial charge in [0.15, 0.2) is 0 Å². The lowest BCUT2D eigenvalue weighted by Crippen LogP contribution is -2.14. The number of hydrogen-bond donors (Lipinski definition) is 1. The molecule has 0 aliphatic rings. The predicted molar refractivity (Wildman–Crippen MR) is 41.1 cm³/mol. The highest BCUT2D eigenvalue weighted by Gasteiger charge is 1.83. The van der Waals surface area contributed by atoms with Crippen molar-refractivity contribution >= 4 is 0 Å². The molecule has 0 aromatic heterocycles. The van der Waals surface area contributed by atoms with Crippen molar-refractivity contribution in [1.29, 1.82) is 0 Å². The number of terminal acetylenes is 1. The van der Waals surface area contributed by atoms with E-state index in [0.717, 1.165) is 13.0 Å². The molecule has 1 N–H and O–H groups in total. The summed E-state index contributed by atoms with van der Waals surface area (Å²) in [5.41, 5.74) is 1.19. The van der Waals surface area contributed by atoms with Gasteiger partial charge in [-0.05, 0) is 19.9 Å². The van der Waals surface area contributed by atoms with Gasteiger partial charge in [0.1, 0.15) is 0 Å². The summed E-state index contributed by atoms with van der Waals surface area (Å²) >= 11 is 0. The SMILES string of the molecule is C#CCNCCC(=C)C. The Morgan fingerprint density at radius 3 is 2.89 bits per heavy atom. The molecule has 0 atom stereocenters. The monoisotopic (exact) mass is 123 g/mol. The largest absolute Gasteiger partial charge is 0.306 e. The van der Waals surface area contributed by atoms with Crippen molar-refractivity contribution in [2.75, 3.05) is 13.1 Å². The van der Waals surface area contributed by atoms with Gasteiger partial charge in [0.2, 0.25) is 0 Å². The second-order valence-corrected chi connectivity index (χ2v) is 2.09. The van der Waals surface area contributed by atoms with E-state index in [1.807, 2.05) is 6.92 Å². The quantitative estimate of drug-likeness (QED) is 0.336. The summed E-state index contributed by atoms with van der Waals surface area (Å²) in [6.07, 6.45) is 6.03. The van der Waals surface area contributed by atoms with Gasteiger partial charge in [-0.15, -0.1) is 13.0 Å². The summed E-state index contributed by atoms with van der Waals surface area (Å²) < 4.78 is 0. The fraction of sp³-hybridized carbons (Fsp3) is 0.500. The van der Waals surface area contributed by atoms with Gasteiger partial charge >= 0.3 is 0 Å². The van der Waals surface area contributed by atoms with Crippen LogP contribution in [0.5, 0.6) is 0 Å². The Kier molecular flexibility index (Phi) is 4.95. The fourth-order valence-electron chi connectivity index (χ4n) is 0.462. The molecule has 0 fully saturated rings. The zero-order chi connectivity index (χ0) is 7.11. The predicted octanol–water partition coefficient (Wildman–Crippen LogP) is 1.18. The third-order valence-electron chi connectivity index (χ3n) is 0.956. The molecule has 0 aromatic carbocycles. The summed E-state index contributed by atoms with van der Waals surface area (Å²) in [6, 6.07) is 0. The van der Waals surface area contributed by atoms with Crippen molar-refractivity contribution in [1.82, 2.24) is 5.32 Å². The van der Waals surface area contributed by atoms with Crippen molar-refractivity contribution in [3.8, 4) is 12.3 Å². The Hall–Kier alpha value is -0.740. The summed E-state index contributed by atoms with van der Waals surface area (Å²) in [4.78, 5) is 0. The molecule has 50 valence electrons. The molecule has 0 aliphatic heterocycles. The molecule has 0 unspecified atom stereocenters. The Labute approximate surface area is 57.2 Å². The lowest BCUT2D eigenvalue weighted by molar-refractivity contribution is 0.750. The average Bonchev–Trinajstić information content (AvgIpc) is 1.80. The van der Waals surface area contributed by atoms with Crippen molar-refractivity contribution in [2.24, 2.45) is 0 Å². The molecular weight excluding hydrogens is 110 g/mol. The van der Waals surface area contributed by atoms with E-state index < -0.39 is 0 Å². The first-order valence-corrected chi connectivity index (χ1v) is 3.06. The summed E-state index contributed by atoms with van der Waals surface area (Å²) in [6.45, 7) is 7.38. The van der Waals surface area contributed by atoms with Gasteiger partial charge < -0.3 is 5.32 Å². The fourth-order valence-corrected chi connectivity index (χ4v) is 0.462. The smallest absolute Gasteiger partial charge is 0.0573 e. The maximum atomic E-state index is 5.01. The lowest BCUT2D eigenvalue weighted by Gasteiger charge is -1.97. The molecule has 0 aromatic rings. The van der Waals surface area contributed by atoms with Gasteiger partial charge in [-0.25, -0.2) is 0 Å². The standard InChI is InChI=1S/C8H13N/c1-4-6-9-7-5-8(2)3/h1,9H,2,5-7H2,3H3. The molecule has 0 bridgehead atoms. The van der Waals surface area contributed by atoms with Crippen LogP contribution in [0.4, 0.5) is 0 Å². The van der Waals surface area contributed by atoms with Gasteiger partial charge in [-0.3, -0.25) is 0 Å². The van der Waals surface area contributed by atoms with Crippen LogP contribution in [0, 0.1) is 12.3 Å². The van der Waals surface area contributed by atoms with E-state index in [-0.39, 0.29) is 0 Å². The number of nitrogens with one attached hydrogen (secondary N) is 1. The summed E-state index contributed by atoms with van der Waals surface area (Å²) in [5.74, 6) is 2.50. The van der Waals surface area contributed by atoms with Gasteiger partial charge in [0, 0.05) is 0 Å². The molecule has 1 heteroatoms. The van der Waals surface area contributed by atoms with E-state index >= 15 is 0 Å². The van der Waals surface area contributed by atoms with Crippen molar-refractivity contribution in [3.05, 3.63) is 12.2 Å². The van der Waals surface area contributed by atoms with Crippen LogP contribution in [0.2, 0.25) is 0 Å². The average molecular weight is 123 g/mol. The molecule has 0 heterocycles. The number of rotatable bonds is 4. The molecule has 0 amide bonds. The van der Waals surface area contributed by atoms with E-state index in [4.69, 9.17) is 6.42 Å². The zero-order valence-corrected chi connectivity index (χ0v) is 5.91. The second-order valence-electron chi connectivity index (χ2n) is 2.09. The van der Waals surface area contributed by atoms with Crippen LogP contribution in [-0.4, -0.2) is 13.1 Å². The third kappa shape index (κ3) is 7.26. The van der Waals surface area contributed by atoms with Crippen LogP contribution in [0.25, 0.3) is 0 Å². The highest BCUT2D eigenvalue weighted by Crippen LogP contribution is 1.90. The minimum atomic E-state index is 0.660. The Balaban J connectivity index is 2.94. The van der Waals surface area contributed by atoms with Crippen LogP contribution in [-0.2, 0) is 0 Å². The molecule has 0 saturated carbocycles. The number of hydrogen-bond acceptors (Lipinski definition) is 1. The topological polar surface area (TPSA) is 12.0 Å². The minimum Gasteiger partial charge on any atom is -0.306 e. The molecule has 0 radical (unpaired) electrons. The second kappa shape index (κ2) is 5.40. The molecule has 0 saturated heterocycles. The van der Waals surface area contributed by atoms with E-state index in [1.165, 1.54) is 5.57 Å².